The van der Waals surface area contributed by atoms with Gasteiger partial charge in [0.05, 0.1) is 12.4 Å². The normalized spacial score (nSPS) is 11.8. The van der Waals surface area contributed by atoms with E-state index in [0.29, 0.717) is 40.4 Å². The van der Waals surface area contributed by atoms with Crippen LogP contribution in [-0.2, 0) is 24.7 Å². The predicted molar refractivity (Wildman–Crippen MR) is 123 cm³/mol. The minimum Gasteiger partial charge on any atom is -0.497 e. The molecular formula is C20H25N7O3S2. The second-order valence-electron chi connectivity index (χ2n) is 6.80. The molecule has 3 aromatic rings. The number of carbonyl (C=O) groups is 2. The van der Waals surface area contributed by atoms with Gasteiger partial charge in [0, 0.05) is 25.6 Å². The van der Waals surface area contributed by atoms with Gasteiger partial charge in [0.2, 0.25) is 11.0 Å². The molecule has 2 amide bonds. The molecule has 3 rings (SSSR count). The number of nitrogens with zero attached hydrogens (tertiary/aromatic N) is 5. The number of anilines is 1. The molecule has 0 bridgehead atoms. The topological polar surface area (TPSA) is 124 Å². The van der Waals surface area contributed by atoms with Gasteiger partial charge in [0.15, 0.2) is 5.16 Å². The van der Waals surface area contributed by atoms with Gasteiger partial charge in [0.25, 0.3) is 5.91 Å². The number of ether oxygens (including phenoxy) is 1. The van der Waals surface area contributed by atoms with Crippen molar-refractivity contribution in [1.29, 1.82) is 0 Å². The first-order chi connectivity index (χ1) is 15.4. The van der Waals surface area contributed by atoms with Crippen molar-refractivity contribution in [3.8, 4) is 5.75 Å². The zero-order chi connectivity index (χ0) is 23.1. The van der Waals surface area contributed by atoms with Crippen LogP contribution in [0.1, 0.15) is 35.0 Å². The Morgan fingerprint density at radius 2 is 1.94 bits per heavy atom. The maximum absolute atomic E-state index is 12.4. The first-order valence-electron chi connectivity index (χ1n) is 10.0. The fraction of sp³-hybridized carbons (Fsp3) is 0.400. The number of aryl methyl sites for hydroxylation is 1. The molecule has 2 aromatic heterocycles. The summed E-state index contributed by atoms with van der Waals surface area (Å²) in [5, 5.41) is 23.6. The summed E-state index contributed by atoms with van der Waals surface area (Å²) in [6, 6.07) is 6.91. The summed E-state index contributed by atoms with van der Waals surface area (Å²) in [6.45, 7) is 4.19. The minimum absolute atomic E-state index is 0.169. The summed E-state index contributed by atoms with van der Waals surface area (Å²) in [4.78, 5) is 24.7. The van der Waals surface area contributed by atoms with Crippen LogP contribution in [-0.4, -0.2) is 55.7 Å². The van der Waals surface area contributed by atoms with Crippen LogP contribution in [0.4, 0.5) is 5.13 Å². The van der Waals surface area contributed by atoms with E-state index in [-0.39, 0.29) is 11.8 Å². The van der Waals surface area contributed by atoms with Crippen molar-refractivity contribution in [3.63, 3.8) is 0 Å². The van der Waals surface area contributed by atoms with Gasteiger partial charge in [-0.15, -0.1) is 20.4 Å². The van der Waals surface area contributed by atoms with Crippen molar-refractivity contribution in [2.45, 2.75) is 37.1 Å². The summed E-state index contributed by atoms with van der Waals surface area (Å²) in [6.07, 6.45) is 1.29. The number of nitrogens with one attached hydrogen (secondary N) is 2. The van der Waals surface area contributed by atoms with Gasteiger partial charge >= 0.3 is 0 Å². The Kier molecular flexibility index (Phi) is 8.17. The van der Waals surface area contributed by atoms with Crippen LogP contribution < -0.4 is 15.4 Å². The Bertz CT molecular complexity index is 1070. The Hall–Kier alpha value is -2.99. The third-order valence-electron chi connectivity index (χ3n) is 4.56. The van der Waals surface area contributed by atoms with E-state index in [0.717, 1.165) is 11.4 Å². The average Bonchev–Trinajstić information content (AvgIpc) is 3.40. The number of aromatic nitrogens is 5. The highest BCUT2D eigenvalue weighted by Crippen LogP contribution is 2.23. The van der Waals surface area contributed by atoms with Crippen molar-refractivity contribution < 1.29 is 14.3 Å². The molecule has 0 spiro atoms. The Balaban J connectivity index is 1.49. The fourth-order valence-corrected chi connectivity index (χ4v) is 4.18. The molecule has 1 atom stereocenters. The van der Waals surface area contributed by atoms with Gasteiger partial charge in [-0.25, -0.2) is 0 Å². The van der Waals surface area contributed by atoms with Crippen LogP contribution >= 0.6 is 23.1 Å². The van der Waals surface area contributed by atoms with E-state index < -0.39 is 5.25 Å². The smallest absolute Gasteiger partial charge is 0.251 e. The van der Waals surface area contributed by atoms with Crippen molar-refractivity contribution in [1.82, 2.24) is 30.3 Å². The van der Waals surface area contributed by atoms with E-state index in [1.54, 1.807) is 38.3 Å². The molecule has 2 N–H and O–H groups in total. The van der Waals surface area contributed by atoms with Crippen molar-refractivity contribution in [3.05, 3.63) is 40.7 Å². The molecule has 12 heteroatoms. The van der Waals surface area contributed by atoms with Gasteiger partial charge in [0.1, 0.15) is 16.6 Å². The second kappa shape index (κ2) is 11.0. The van der Waals surface area contributed by atoms with Gasteiger partial charge in [-0.2, -0.15) is 0 Å². The van der Waals surface area contributed by atoms with Crippen LogP contribution in [0, 0.1) is 0 Å². The monoisotopic (exact) mass is 475 g/mol. The highest BCUT2D eigenvalue weighted by atomic mass is 32.2. The number of hydrogen-bond acceptors (Lipinski definition) is 9. The summed E-state index contributed by atoms with van der Waals surface area (Å²) >= 11 is 2.67. The fourth-order valence-electron chi connectivity index (χ4n) is 2.66. The summed E-state index contributed by atoms with van der Waals surface area (Å²) in [5.41, 5.74) is 0.557. The lowest BCUT2D eigenvalue weighted by molar-refractivity contribution is -0.115. The number of methoxy groups -OCH3 is 1. The van der Waals surface area contributed by atoms with Crippen molar-refractivity contribution in [2.24, 2.45) is 7.05 Å². The van der Waals surface area contributed by atoms with Crippen LogP contribution in [0.3, 0.4) is 0 Å². The third-order valence-corrected chi connectivity index (χ3v) is 6.68. The molecule has 0 aliphatic carbocycles. The lowest BCUT2D eigenvalue weighted by atomic mass is 10.2. The molecule has 170 valence electrons. The number of benzene rings is 1. The lowest BCUT2D eigenvalue weighted by Crippen LogP contribution is -2.26. The summed E-state index contributed by atoms with van der Waals surface area (Å²) < 4.78 is 6.93. The number of thioether (sulfide) groups is 1. The minimum atomic E-state index is -0.394. The van der Waals surface area contributed by atoms with E-state index in [2.05, 4.69) is 31.0 Å². The number of rotatable bonds is 10. The first kappa shape index (κ1) is 23.7. The highest BCUT2D eigenvalue weighted by molar-refractivity contribution is 8.00. The first-order valence-corrected chi connectivity index (χ1v) is 11.7. The van der Waals surface area contributed by atoms with Gasteiger partial charge in [-0.05, 0) is 37.6 Å². The summed E-state index contributed by atoms with van der Waals surface area (Å²) in [7, 11) is 3.42. The molecule has 0 saturated heterocycles. The largest absolute Gasteiger partial charge is 0.497 e. The Morgan fingerprint density at radius 1 is 1.19 bits per heavy atom. The molecule has 0 saturated carbocycles. The van der Waals surface area contributed by atoms with Crippen LogP contribution in [0.2, 0.25) is 0 Å². The zero-order valence-corrected chi connectivity index (χ0v) is 19.9. The molecule has 0 aliphatic heterocycles. The molecule has 32 heavy (non-hydrogen) atoms. The molecule has 0 radical (unpaired) electrons. The molecule has 1 unspecified atom stereocenters. The van der Waals surface area contributed by atoms with Crippen LogP contribution in [0.25, 0.3) is 0 Å². The number of amides is 2. The standard InChI is InChI=1S/C20H25N7O3S2/c1-5-16-24-25-19(32-16)22-17(28)12(2)31-20-26-23-15(27(20)3)10-11-21-18(29)13-6-8-14(30-4)9-7-13/h6-9,12H,5,10-11H2,1-4H3,(H,21,29)(H,22,25,28). The molecule has 2 heterocycles. The Labute approximate surface area is 194 Å². The summed E-state index contributed by atoms with van der Waals surface area (Å²) in [5.74, 6) is 1.07. The van der Waals surface area contributed by atoms with E-state index in [9.17, 15) is 9.59 Å². The molecular weight excluding hydrogens is 450 g/mol. The van der Waals surface area contributed by atoms with Crippen molar-refractivity contribution >= 4 is 40.0 Å². The molecule has 1 aromatic carbocycles. The lowest BCUT2D eigenvalue weighted by Gasteiger charge is -2.10. The zero-order valence-electron chi connectivity index (χ0n) is 18.3. The van der Waals surface area contributed by atoms with E-state index in [4.69, 9.17) is 4.74 Å². The third kappa shape index (κ3) is 6.04. The SMILES string of the molecule is CCc1nnc(NC(=O)C(C)Sc2nnc(CCNC(=O)c3ccc(OC)cc3)n2C)s1. The van der Waals surface area contributed by atoms with Gasteiger partial charge in [-0.3, -0.25) is 14.9 Å². The van der Waals surface area contributed by atoms with Crippen LogP contribution in [0.5, 0.6) is 5.75 Å². The van der Waals surface area contributed by atoms with Crippen LogP contribution in [0.15, 0.2) is 29.4 Å². The maximum atomic E-state index is 12.4. The average molecular weight is 476 g/mol. The molecule has 10 nitrogen and oxygen atoms in total. The van der Waals surface area contributed by atoms with Gasteiger partial charge < -0.3 is 14.6 Å². The predicted octanol–water partition coefficient (Wildman–Crippen LogP) is 2.33. The number of hydrogen-bond donors (Lipinski definition) is 2. The maximum Gasteiger partial charge on any atom is 0.251 e. The van der Waals surface area contributed by atoms with E-state index in [1.165, 1.54) is 23.1 Å². The number of carbonyl (C=O) groups excluding carboxylic acids is 2. The second-order valence-corrected chi connectivity index (χ2v) is 9.17. The van der Waals surface area contributed by atoms with E-state index >= 15 is 0 Å². The highest BCUT2D eigenvalue weighted by Gasteiger charge is 2.20. The quantitative estimate of drug-likeness (QED) is 0.428. The van der Waals surface area contributed by atoms with Crippen molar-refractivity contribution in [2.75, 3.05) is 19.0 Å². The molecule has 0 fully saturated rings. The van der Waals surface area contributed by atoms with E-state index in [1.807, 2.05) is 18.5 Å². The Morgan fingerprint density at radius 3 is 2.59 bits per heavy atom. The van der Waals surface area contributed by atoms with Gasteiger partial charge in [-0.1, -0.05) is 30.0 Å². The molecule has 0 aliphatic rings.